The molecule has 3 aliphatic heterocycles. The Morgan fingerprint density at radius 2 is 1.81 bits per heavy atom. The fraction of sp³-hybridized carbons (Fsp3) is 0.778. The molecule has 3 amide bonds. The van der Waals surface area contributed by atoms with Crippen LogP contribution in [0.4, 0.5) is 9.59 Å². The Balaban J connectivity index is 1.51. The van der Waals surface area contributed by atoms with Crippen molar-refractivity contribution in [3.05, 3.63) is 11.8 Å². The number of hydrogen-bond donors (Lipinski definition) is 1. The SMILES string of the molecule is CC(C)(C)OC(=O)N1CCCCC1c1nnc(C2CCC3CN2C(=O)N3OS(=O)(=O)O)o1. The van der Waals surface area contributed by atoms with Gasteiger partial charge in [-0.15, -0.1) is 14.5 Å². The highest BCUT2D eigenvalue weighted by molar-refractivity contribution is 7.80. The lowest BCUT2D eigenvalue weighted by Gasteiger charge is -2.34. The first-order chi connectivity index (χ1) is 14.9. The van der Waals surface area contributed by atoms with Crippen LogP contribution in [0.25, 0.3) is 0 Å². The number of hydrogen-bond acceptors (Lipinski definition) is 9. The van der Waals surface area contributed by atoms with Crippen LogP contribution in [-0.2, 0) is 19.4 Å². The topological polar surface area (TPSA) is 156 Å². The summed E-state index contributed by atoms with van der Waals surface area (Å²) in [4.78, 5) is 28.3. The molecule has 3 unspecified atom stereocenters. The molecule has 13 nitrogen and oxygen atoms in total. The van der Waals surface area contributed by atoms with Gasteiger partial charge >= 0.3 is 22.5 Å². The van der Waals surface area contributed by atoms with E-state index in [4.69, 9.17) is 13.7 Å². The van der Waals surface area contributed by atoms with Crippen LogP contribution in [0.3, 0.4) is 0 Å². The van der Waals surface area contributed by atoms with Gasteiger partial charge in [0.05, 0.1) is 6.04 Å². The summed E-state index contributed by atoms with van der Waals surface area (Å²) < 4.78 is 46.9. The van der Waals surface area contributed by atoms with Crippen molar-refractivity contribution in [2.24, 2.45) is 0 Å². The van der Waals surface area contributed by atoms with Crippen molar-refractivity contribution < 1.29 is 36.0 Å². The van der Waals surface area contributed by atoms with E-state index in [1.54, 1.807) is 25.7 Å². The number of nitrogens with zero attached hydrogens (tertiary/aromatic N) is 5. The second-order valence-electron chi connectivity index (χ2n) is 9.17. The Bertz CT molecular complexity index is 990. The highest BCUT2D eigenvalue weighted by Gasteiger charge is 2.49. The summed E-state index contributed by atoms with van der Waals surface area (Å²) in [6, 6.07) is -2.20. The maximum atomic E-state index is 12.7. The Morgan fingerprint density at radius 3 is 2.47 bits per heavy atom. The molecule has 4 rings (SSSR count). The highest BCUT2D eigenvalue weighted by atomic mass is 32.3. The molecular weight excluding hydrogens is 446 g/mol. The van der Waals surface area contributed by atoms with Crippen molar-refractivity contribution in [2.45, 2.75) is 76.6 Å². The molecule has 3 saturated heterocycles. The predicted molar refractivity (Wildman–Crippen MR) is 106 cm³/mol. The number of carbonyl (C=O) groups is 2. The summed E-state index contributed by atoms with van der Waals surface area (Å²) in [5.74, 6) is 0.473. The molecule has 0 aliphatic carbocycles. The number of urea groups is 1. The number of rotatable bonds is 4. The van der Waals surface area contributed by atoms with E-state index < -0.39 is 46.2 Å². The van der Waals surface area contributed by atoms with Crippen LogP contribution >= 0.6 is 0 Å². The third-order valence-corrected chi connectivity index (χ3v) is 6.00. The second kappa shape index (κ2) is 8.15. The van der Waals surface area contributed by atoms with Crippen LogP contribution in [0.5, 0.6) is 0 Å². The van der Waals surface area contributed by atoms with Gasteiger partial charge in [-0.2, -0.15) is 13.5 Å². The van der Waals surface area contributed by atoms with Crippen LogP contribution < -0.4 is 0 Å². The van der Waals surface area contributed by atoms with Crippen molar-refractivity contribution in [2.75, 3.05) is 13.1 Å². The third kappa shape index (κ3) is 4.66. The summed E-state index contributed by atoms with van der Waals surface area (Å²) in [7, 11) is -4.82. The predicted octanol–water partition coefficient (Wildman–Crippen LogP) is 2.21. The largest absolute Gasteiger partial charge is 0.444 e. The summed E-state index contributed by atoms with van der Waals surface area (Å²) in [6.07, 6.45) is 2.80. The molecular formula is C18H27N5O8S. The highest BCUT2D eigenvalue weighted by Crippen LogP contribution is 2.39. The van der Waals surface area contributed by atoms with Gasteiger partial charge in [0, 0.05) is 13.1 Å². The van der Waals surface area contributed by atoms with Gasteiger partial charge in [-0.1, -0.05) is 0 Å². The van der Waals surface area contributed by atoms with Gasteiger partial charge in [-0.25, -0.2) is 9.59 Å². The normalized spacial score (nSPS) is 26.6. The molecule has 0 aromatic carbocycles. The Hall–Kier alpha value is -2.45. The lowest BCUT2D eigenvalue weighted by Crippen LogP contribution is -2.42. The molecule has 1 N–H and O–H groups in total. The van der Waals surface area contributed by atoms with E-state index in [-0.39, 0.29) is 18.3 Å². The van der Waals surface area contributed by atoms with E-state index in [0.717, 1.165) is 12.8 Å². The molecule has 178 valence electrons. The Kier molecular flexibility index (Phi) is 5.79. The van der Waals surface area contributed by atoms with Gasteiger partial charge in [-0.3, -0.25) is 9.45 Å². The third-order valence-electron chi connectivity index (χ3n) is 5.65. The molecule has 1 aromatic rings. The lowest BCUT2D eigenvalue weighted by molar-refractivity contribution is -0.0317. The first-order valence-corrected chi connectivity index (χ1v) is 11.9. The zero-order chi connectivity index (χ0) is 23.3. The first kappa shape index (κ1) is 22.7. The van der Waals surface area contributed by atoms with E-state index in [2.05, 4.69) is 14.5 Å². The number of hydroxylamine groups is 2. The van der Waals surface area contributed by atoms with Gasteiger partial charge < -0.3 is 14.1 Å². The first-order valence-electron chi connectivity index (χ1n) is 10.5. The van der Waals surface area contributed by atoms with Crippen LogP contribution in [0.1, 0.15) is 76.7 Å². The minimum absolute atomic E-state index is 0.199. The molecule has 3 atom stereocenters. The van der Waals surface area contributed by atoms with Gasteiger partial charge in [-0.05, 0) is 52.9 Å². The van der Waals surface area contributed by atoms with E-state index in [1.165, 1.54) is 4.90 Å². The smallest absolute Gasteiger partial charge is 0.418 e. The van der Waals surface area contributed by atoms with E-state index in [1.807, 2.05) is 0 Å². The molecule has 14 heteroatoms. The molecule has 2 bridgehead atoms. The van der Waals surface area contributed by atoms with Crippen LogP contribution in [0.2, 0.25) is 0 Å². The van der Waals surface area contributed by atoms with Crippen LogP contribution in [-0.4, -0.2) is 74.9 Å². The number of aromatic nitrogens is 2. The zero-order valence-electron chi connectivity index (χ0n) is 18.1. The molecule has 1 aromatic heterocycles. The molecule has 32 heavy (non-hydrogen) atoms. The molecule has 0 radical (unpaired) electrons. The Morgan fingerprint density at radius 1 is 1.12 bits per heavy atom. The fourth-order valence-electron chi connectivity index (χ4n) is 4.33. The standard InChI is InChI=1S/C18H27N5O8S/c1-18(2,3)30-17(25)21-9-5-4-6-12(21)14-19-20-15(29-14)13-8-7-11-10-22(13)16(24)23(11)31-32(26,27)28/h11-13H,4-10H2,1-3H3,(H,26,27,28). The van der Waals surface area contributed by atoms with Crippen LogP contribution in [0, 0.1) is 0 Å². The van der Waals surface area contributed by atoms with Gasteiger partial charge in [0.15, 0.2) is 0 Å². The average Bonchev–Trinajstić information content (AvgIpc) is 3.26. The average molecular weight is 474 g/mol. The van der Waals surface area contributed by atoms with Crippen molar-refractivity contribution in [3.63, 3.8) is 0 Å². The maximum Gasteiger partial charge on any atom is 0.418 e. The zero-order valence-corrected chi connectivity index (χ0v) is 18.9. The number of likely N-dealkylation sites (tertiary alicyclic amines) is 1. The second-order valence-corrected chi connectivity index (χ2v) is 10.2. The summed E-state index contributed by atoms with van der Waals surface area (Å²) in [5, 5.41) is 8.93. The number of carbonyl (C=O) groups excluding carboxylic acids is 2. The molecule has 3 aliphatic rings. The number of ether oxygens (including phenoxy) is 1. The molecule has 3 fully saturated rings. The summed E-state index contributed by atoms with van der Waals surface area (Å²) in [6.45, 7) is 6.10. The van der Waals surface area contributed by atoms with Crippen molar-refractivity contribution in [1.29, 1.82) is 0 Å². The summed E-state index contributed by atoms with van der Waals surface area (Å²) in [5.41, 5.74) is -0.635. The minimum atomic E-state index is -4.82. The number of piperidine rings is 2. The fourth-order valence-corrected chi connectivity index (χ4v) is 4.72. The van der Waals surface area contributed by atoms with Crippen molar-refractivity contribution in [1.82, 2.24) is 25.1 Å². The van der Waals surface area contributed by atoms with Gasteiger partial charge in [0.25, 0.3) is 0 Å². The quantitative estimate of drug-likeness (QED) is 0.643. The van der Waals surface area contributed by atoms with E-state index in [9.17, 15) is 18.0 Å². The van der Waals surface area contributed by atoms with E-state index in [0.29, 0.717) is 30.9 Å². The monoisotopic (exact) mass is 473 g/mol. The van der Waals surface area contributed by atoms with E-state index >= 15 is 0 Å². The minimum Gasteiger partial charge on any atom is -0.444 e. The lowest BCUT2D eigenvalue weighted by atomic mass is 10.0. The molecule has 0 saturated carbocycles. The number of amides is 3. The van der Waals surface area contributed by atoms with Crippen molar-refractivity contribution >= 4 is 22.5 Å². The van der Waals surface area contributed by atoms with Crippen molar-refractivity contribution in [3.8, 4) is 0 Å². The molecule has 0 spiro atoms. The van der Waals surface area contributed by atoms with Crippen LogP contribution in [0.15, 0.2) is 4.42 Å². The summed E-state index contributed by atoms with van der Waals surface area (Å²) >= 11 is 0. The molecule has 4 heterocycles. The number of fused-ring (bicyclic) bond motifs is 2. The Labute approximate surface area is 185 Å². The van der Waals surface area contributed by atoms with Gasteiger partial charge in [0.1, 0.15) is 17.7 Å². The maximum absolute atomic E-state index is 12.7. The van der Waals surface area contributed by atoms with Gasteiger partial charge in [0.2, 0.25) is 11.8 Å².